The molecular weight excluding hydrogens is 242 g/mol. The van der Waals surface area contributed by atoms with Gasteiger partial charge in [0.1, 0.15) is 0 Å². The number of nitrogens with one attached hydrogen (secondary N) is 1. The van der Waals surface area contributed by atoms with E-state index in [1.54, 1.807) is 0 Å². The third kappa shape index (κ3) is 5.01. The van der Waals surface area contributed by atoms with Crippen molar-refractivity contribution in [1.82, 2.24) is 5.32 Å². The quantitative estimate of drug-likeness (QED) is 0.765. The van der Waals surface area contributed by atoms with E-state index in [-0.39, 0.29) is 12.0 Å². The Bertz CT molecular complexity index is 374. The molecule has 0 bridgehead atoms. The van der Waals surface area contributed by atoms with Crippen molar-refractivity contribution in [2.24, 2.45) is 0 Å². The Kier molecular flexibility index (Phi) is 5.85. The fourth-order valence-electron chi connectivity index (χ4n) is 2.06. The van der Waals surface area contributed by atoms with E-state index in [1.807, 2.05) is 30.3 Å². The lowest BCUT2D eigenvalue weighted by Gasteiger charge is -2.10. The summed E-state index contributed by atoms with van der Waals surface area (Å²) < 4.78 is 11.0. The van der Waals surface area contributed by atoms with Gasteiger partial charge in [0.15, 0.2) is 0 Å². The van der Waals surface area contributed by atoms with E-state index in [0.717, 1.165) is 25.9 Å². The number of hydrogen-bond acceptors (Lipinski definition) is 3. The number of carbonyl (C=O) groups is 1. The second-order valence-corrected chi connectivity index (χ2v) is 4.69. The zero-order chi connectivity index (χ0) is 13.3. The monoisotopic (exact) mass is 263 g/mol. The van der Waals surface area contributed by atoms with E-state index >= 15 is 0 Å². The van der Waals surface area contributed by atoms with Gasteiger partial charge in [-0.1, -0.05) is 18.2 Å². The van der Waals surface area contributed by atoms with Crippen LogP contribution in [0.2, 0.25) is 0 Å². The second-order valence-electron chi connectivity index (χ2n) is 4.69. The molecule has 19 heavy (non-hydrogen) atoms. The summed E-state index contributed by atoms with van der Waals surface area (Å²) in [7, 11) is 0. The number of hydrogen-bond donors (Lipinski definition) is 1. The van der Waals surface area contributed by atoms with Crippen molar-refractivity contribution in [2.45, 2.75) is 25.4 Å². The van der Waals surface area contributed by atoms with Gasteiger partial charge in [-0.15, -0.1) is 0 Å². The molecule has 0 aliphatic carbocycles. The van der Waals surface area contributed by atoms with Crippen LogP contribution >= 0.6 is 0 Å². The summed E-state index contributed by atoms with van der Waals surface area (Å²) >= 11 is 0. The van der Waals surface area contributed by atoms with Gasteiger partial charge in [-0.2, -0.15) is 0 Å². The molecule has 1 fully saturated rings. The van der Waals surface area contributed by atoms with E-state index in [2.05, 4.69) is 5.32 Å². The highest BCUT2D eigenvalue weighted by Crippen LogP contribution is 2.11. The lowest BCUT2D eigenvalue weighted by molar-refractivity contribution is 0.0166. The Labute approximate surface area is 114 Å². The van der Waals surface area contributed by atoms with Crippen molar-refractivity contribution in [3.05, 3.63) is 35.9 Å². The fraction of sp³-hybridized carbons (Fsp3) is 0.533. The zero-order valence-electron chi connectivity index (χ0n) is 11.1. The molecule has 1 amide bonds. The number of ether oxygens (including phenoxy) is 2. The van der Waals surface area contributed by atoms with Crippen LogP contribution in [0.1, 0.15) is 29.6 Å². The highest BCUT2D eigenvalue weighted by Gasteiger charge is 2.14. The van der Waals surface area contributed by atoms with Crippen LogP contribution in [0.15, 0.2) is 30.3 Å². The van der Waals surface area contributed by atoms with E-state index in [0.29, 0.717) is 25.3 Å². The van der Waals surface area contributed by atoms with Crippen molar-refractivity contribution in [3.8, 4) is 0 Å². The lowest BCUT2D eigenvalue weighted by Crippen LogP contribution is -2.25. The molecule has 0 aromatic heterocycles. The molecule has 1 aliphatic heterocycles. The van der Waals surface area contributed by atoms with Crippen molar-refractivity contribution in [3.63, 3.8) is 0 Å². The largest absolute Gasteiger partial charge is 0.379 e. The van der Waals surface area contributed by atoms with Gasteiger partial charge < -0.3 is 14.8 Å². The van der Waals surface area contributed by atoms with Crippen LogP contribution in [0.3, 0.4) is 0 Å². The Morgan fingerprint density at radius 3 is 2.95 bits per heavy atom. The van der Waals surface area contributed by atoms with Crippen LogP contribution < -0.4 is 5.32 Å². The molecular formula is C15H21NO3. The standard InChI is InChI=1S/C15H21NO3/c17-15(13-6-2-1-3-7-13)16-9-5-10-18-12-14-8-4-11-19-14/h1-3,6-7,14H,4-5,8-12H2,(H,16,17). The Morgan fingerprint density at radius 1 is 1.37 bits per heavy atom. The topological polar surface area (TPSA) is 47.6 Å². The maximum absolute atomic E-state index is 11.7. The molecule has 0 radical (unpaired) electrons. The molecule has 1 aliphatic rings. The Morgan fingerprint density at radius 2 is 2.21 bits per heavy atom. The summed E-state index contributed by atoms with van der Waals surface area (Å²) in [5.74, 6) is -0.0280. The fourth-order valence-corrected chi connectivity index (χ4v) is 2.06. The first-order valence-electron chi connectivity index (χ1n) is 6.89. The predicted molar refractivity (Wildman–Crippen MR) is 73.2 cm³/mol. The van der Waals surface area contributed by atoms with Gasteiger partial charge in [0, 0.05) is 25.3 Å². The summed E-state index contributed by atoms with van der Waals surface area (Å²) in [5, 5.41) is 2.88. The molecule has 2 rings (SSSR count). The summed E-state index contributed by atoms with van der Waals surface area (Å²) in [6.07, 6.45) is 3.34. The molecule has 1 aromatic carbocycles. The van der Waals surface area contributed by atoms with Crippen LogP contribution in [0.25, 0.3) is 0 Å². The Balaban J connectivity index is 1.51. The highest BCUT2D eigenvalue weighted by atomic mass is 16.5. The van der Waals surface area contributed by atoms with Gasteiger partial charge in [-0.3, -0.25) is 4.79 Å². The van der Waals surface area contributed by atoms with Gasteiger partial charge in [-0.25, -0.2) is 0 Å². The summed E-state index contributed by atoms with van der Waals surface area (Å²) in [4.78, 5) is 11.7. The molecule has 0 saturated carbocycles. The molecule has 1 aromatic rings. The molecule has 1 unspecified atom stereocenters. The van der Waals surface area contributed by atoms with Crippen molar-refractivity contribution < 1.29 is 14.3 Å². The lowest BCUT2D eigenvalue weighted by atomic mass is 10.2. The molecule has 4 heteroatoms. The van der Waals surface area contributed by atoms with Crippen LogP contribution in [-0.4, -0.2) is 38.4 Å². The van der Waals surface area contributed by atoms with E-state index in [9.17, 15) is 4.79 Å². The summed E-state index contributed by atoms with van der Waals surface area (Å²) in [6, 6.07) is 9.24. The van der Waals surface area contributed by atoms with Crippen LogP contribution in [0.4, 0.5) is 0 Å². The maximum atomic E-state index is 11.7. The highest BCUT2D eigenvalue weighted by molar-refractivity contribution is 5.94. The van der Waals surface area contributed by atoms with Gasteiger partial charge in [0.25, 0.3) is 5.91 Å². The van der Waals surface area contributed by atoms with E-state index < -0.39 is 0 Å². The van der Waals surface area contributed by atoms with Gasteiger partial charge in [-0.05, 0) is 31.4 Å². The third-order valence-electron chi connectivity index (χ3n) is 3.11. The van der Waals surface area contributed by atoms with E-state index in [1.165, 1.54) is 0 Å². The Hall–Kier alpha value is -1.39. The minimum absolute atomic E-state index is 0.0280. The predicted octanol–water partition coefficient (Wildman–Crippen LogP) is 2.00. The molecule has 0 spiro atoms. The van der Waals surface area contributed by atoms with Crippen molar-refractivity contribution in [1.29, 1.82) is 0 Å². The summed E-state index contributed by atoms with van der Waals surface area (Å²) in [6.45, 7) is 2.84. The number of benzene rings is 1. The molecule has 4 nitrogen and oxygen atoms in total. The number of rotatable bonds is 7. The average molecular weight is 263 g/mol. The molecule has 104 valence electrons. The number of carbonyl (C=O) groups excluding carboxylic acids is 1. The van der Waals surface area contributed by atoms with Gasteiger partial charge in [0.05, 0.1) is 12.7 Å². The third-order valence-corrected chi connectivity index (χ3v) is 3.11. The minimum atomic E-state index is -0.0280. The first-order chi connectivity index (χ1) is 9.36. The van der Waals surface area contributed by atoms with Crippen LogP contribution in [0, 0.1) is 0 Å². The SMILES string of the molecule is O=C(NCCCOCC1CCCO1)c1ccccc1. The minimum Gasteiger partial charge on any atom is -0.379 e. The molecule has 1 saturated heterocycles. The zero-order valence-corrected chi connectivity index (χ0v) is 11.1. The molecule has 1 atom stereocenters. The smallest absolute Gasteiger partial charge is 0.251 e. The summed E-state index contributed by atoms with van der Waals surface area (Å²) in [5.41, 5.74) is 0.697. The second kappa shape index (κ2) is 7.92. The van der Waals surface area contributed by atoms with E-state index in [4.69, 9.17) is 9.47 Å². The normalized spacial score (nSPS) is 18.4. The van der Waals surface area contributed by atoms with Crippen LogP contribution in [-0.2, 0) is 9.47 Å². The first-order valence-corrected chi connectivity index (χ1v) is 6.89. The average Bonchev–Trinajstić information content (AvgIpc) is 2.96. The first kappa shape index (κ1) is 14.0. The van der Waals surface area contributed by atoms with Crippen molar-refractivity contribution in [2.75, 3.05) is 26.4 Å². The van der Waals surface area contributed by atoms with Gasteiger partial charge in [0.2, 0.25) is 0 Å². The maximum Gasteiger partial charge on any atom is 0.251 e. The molecule has 1 N–H and O–H groups in total. The number of amides is 1. The van der Waals surface area contributed by atoms with Gasteiger partial charge >= 0.3 is 0 Å². The molecule has 1 heterocycles. The van der Waals surface area contributed by atoms with Crippen LogP contribution in [0.5, 0.6) is 0 Å². The van der Waals surface area contributed by atoms with Crippen molar-refractivity contribution >= 4 is 5.91 Å².